The molecule has 3 heteroatoms. The van der Waals surface area contributed by atoms with Crippen LogP contribution in [0.1, 0.15) is 26.7 Å². The molecule has 11 heavy (non-hydrogen) atoms. The second-order valence-electron chi connectivity index (χ2n) is 2.38. The van der Waals surface area contributed by atoms with Crippen molar-refractivity contribution < 1.29 is 9.90 Å². The van der Waals surface area contributed by atoms with Crippen LogP contribution >= 0.6 is 0 Å². The highest BCUT2D eigenvalue weighted by Crippen LogP contribution is 2.08. The SMILES string of the molecule is CC.O=C(O)C1CCCNC1. The third kappa shape index (κ3) is 3.98. The molecule has 1 aliphatic rings. The van der Waals surface area contributed by atoms with Crippen LogP contribution in [-0.4, -0.2) is 24.2 Å². The minimum absolute atomic E-state index is 0.140. The van der Waals surface area contributed by atoms with Crippen LogP contribution in [0.5, 0.6) is 0 Å². The summed E-state index contributed by atoms with van der Waals surface area (Å²) in [5.74, 6) is -0.805. The Labute approximate surface area is 67.8 Å². The molecule has 0 aromatic carbocycles. The maximum Gasteiger partial charge on any atom is 0.307 e. The number of hydrogen-bond acceptors (Lipinski definition) is 2. The molecular formula is C8H17NO2. The summed E-state index contributed by atoms with van der Waals surface area (Å²) in [5.41, 5.74) is 0. The van der Waals surface area contributed by atoms with Crippen molar-refractivity contribution in [1.29, 1.82) is 0 Å². The first-order valence-electron chi connectivity index (χ1n) is 4.24. The summed E-state index contributed by atoms with van der Waals surface area (Å²) in [6.07, 6.45) is 1.83. The first-order chi connectivity index (χ1) is 5.30. The maximum atomic E-state index is 10.3. The molecule has 1 rings (SSSR count). The molecular weight excluding hydrogens is 142 g/mol. The molecule has 1 heterocycles. The van der Waals surface area contributed by atoms with Gasteiger partial charge in [-0.15, -0.1) is 0 Å². The van der Waals surface area contributed by atoms with E-state index in [0.717, 1.165) is 19.4 Å². The molecule has 0 aliphatic carbocycles. The number of carboxylic acids is 1. The predicted molar refractivity (Wildman–Crippen MR) is 44.6 cm³/mol. The summed E-state index contributed by atoms with van der Waals surface area (Å²) >= 11 is 0. The third-order valence-corrected chi connectivity index (χ3v) is 1.65. The van der Waals surface area contributed by atoms with E-state index in [0.29, 0.717) is 6.54 Å². The largest absolute Gasteiger partial charge is 0.481 e. The number of carboxylic acid groups (broad SMARTS) is 1. The van der Waals surface area contributed by atoms with Gasteiger partial charge in [-0.05, 0) is 19.4 Å². The summed E-state index contributed by atoms with van der Waals surface area (Å²) in [6, 6.07) is 0. The first kappa shape index (κ1) is 10.4. The molecule has 1 unspecified atom stereocenters. The smallest absolute Gasteiger partial charge is 0.307 e. The molecule has 0 spiro atoms. The number of hydrogen-bond donors (Lipinski definition) is 2. The van der Waals surface area contributed by atoms with Crippen molar-refractivity contribution in [1.82, 2.24) is 5.32 Å². The second kappa shape index (κ2) is 6.16. The number of piperidine rings is 1. The van der Waals surface area contributed by atoms with E-state index in [1.54, 1.807) is 0 Å². The lowest BCUT2D eigenvalue weighted by atomic mass is 10.0. The van der Waals surface area contributed by atoms with Gasteiger partial charge < -0.3 is 10.4 Å². The Balaban J connectivity index is 0.000000461. The van der Waals surface area contributed by atoms with E-state index in [4.69, 9.17) is 5.11 Å². The fourth-order valence-electron chi connectivity index (χ4n) is 1.06. The van der Waals surface area contributed by atoms with E-state index in [9.17, 15) is 4.79 Å². The minimum Gasteiger partial charge on any atom is -0.481 e. The van der Waals surface area contributed by atoms with Crippen LogP contribution in [0.15, 0.2) is 0 Å². The Morgan fingerprint density at radius 1 is 1.55 bits per heavy atom. The van der Waals surface area contributed by atoms with Gasteiger partial charge in [-0.3, -0.25) is 4.79 Å². The standard InChI is InChI=1S/C6H11NO2.C2H6/c8-6(9)5-2-1-3-7-4-5;1-2/h5,7H,1-4H2,(H,8,9);1-2H3. The Morgan fingerprint density at radius 3 is 2.45 bits per heavy atom. The normalized spacial score (nSPS) is 23.3. The zero-order valence-corrected chi connectivity index (χ0v) is 7.26. The topological polar surface area (TPSA) is 49.3 Å². The van der Waals surface area contributed by atoms with Crippen LogP contribution in [-0.2, 0) is 4.79 Å². The van der Waals surface area contributed by atoms with Crippen molar-refractivity contribution in [2.45, 2.75) is 26.7 Å². The zero-order valence-electron chi connectivity index (χ0n) is 7.26. The van der Waals surface area contributed by atoms with Gasteiger partial charge in [-0.2, -0.15) is 0 Å². The summed E-state index contributed by atoms with van der Waals surface area (Å²) in [7, 11) is 0. The molecule has 0 amide bonds. The first-order valence-corrected chi connectivity index (χ1v) is 4.24. The van der Waals surface area contributed by atoms with E-state index >= 15 is 0 Å². The molecule has 3 nitrogen and oxygen atoms in total. The van der Waals surface area contributed by atoms with Crippen LogP contribution < -0.4 is 5.32 Å². The Bertz CT molecular complexity index is 109. The molecule has 0 bridgehead atoms. The highest BCUT2D eigenvalue weighted by atomic mass is 16.4. The molecule has 1 fully saturated rings. The fraction of sp³-hybridized carbons (Fsp3) is 0.875. The van der Waals surface area contributed by atoms with Gasteiger partial charge in [0.1, 0.15) is 0 Å². The summed E-state index contributed by atoms with van der Waals surface area (Å²) < 4.78 is 0. The number of nitrogens with one attached hydrogen (secondary N) is 1. The summed E-state index contributed by atoms with van der Waals surface area (Å²) in [5, 5.41) is 11.5. The lowest BCUT2D eigenvalue weighted by molar-refractivity contribution is -0.142. The lowest BCUT2D eigenvalue weighted by Crippen LogP contribution is -2.34. The van der Waals surface area contributed by atoms with Gasteiger partial charge in [0.2, 0.25) is 0 Å². The Morgan fingerprint density at radius 2 is 2.18 bits per heavy atom. The highest BCUT2D eigenvalue weighted by Gasteiger charge is 2.18. The Hall–Kier alpha value is -0.570. The van der Waals surface area contributed by atoms with E-state index in [2.05, 4.69) is 5.32 Å². The molecule has 0 radical (unpaired) electrons. The molecule has 1 saturated heterocycles. The minimum atomic E-state index is -0.665. The number of rotatable bonds is 1. The molecule has 2 N–H and O–H groups in total. The van der Waals surface area contributed by atoms with E-state index in [1.807, 2.05) is 13.8 Å². The van der Waals surface area contributed by atoms with Gasteiger partial charge in [0.15, 0.2) is 0 Å². The molecule has 1 aliphatic heterocycles. The van der Waals surface area contributed by atoms with Crippen molar-refractivity contribution in [3.8, 4) is 0 Å². The van der Waals surface area contributed by atoms with E-state index in [1.165, 1.54) is 0 Å². The molecule has 0 saturated carbocycles. The van der Waals surface area contributed by atoms with Crippen molar-refractivity contribution in [2.24, 2.45) is 5.92 Å². The Kier molecular flexibility index (Phi) is 5.84. The quantitative estimate of drug-likeness (QED) is 0.602. The van der Waals surface area contributed by atoms with Crippen molar-refractivity contribution >= 4 is 5.97 Å². The van der Waals surface area contributed by atoms with Crippen LogP contribution in [0, 0.1) is 5.92 Å². The van der Waals surface area contributed by atoms with Crippen molar-refractivity contribution in [3.05, 3.63) is 0 Å². The fourth-order valence-corrected chi connectivity index (χ4v) is 1.06. The van der Waals surface area contributed by atoms with Crippen LogP contribution in [0.2, 0.25) is 0 Å². The van der Waals surface area contributed by atoms with E-state index in [-0.39, 0.29) is 5.92 Å². The van der Waals surface area contributed by atoms with Crippen molar-refractivity contribution in [2.75, 3.05) is 13.1 Å². The number of aliphatic carboxylic acids is 1. The van der Waals surface area contributed by atoms with Crippen LogP contribution in [0.25, 0.3) is 0 Å². The summed E-state index contributed by atoms with van der Waals surface area (Å²) in [4.78, 5) is 10.3. The highest BCUT2D eigenvalue weighted by molar-refractivity contribution is 5.70. The maximum absolute atomic E-state index is 10.3. The zero-order chi connectivity index (χ0) is 8.69. The number of carbonyl (C=O) groups is 1. The molecule has 0 aromatic heterocycles. The van der Waals surface area contributed by atoms with Gasteiger partial charge in [0, 0.05) is 6.54 Å². The average molecular weight is 159 g/mol. The van der Waals surface area contributed by atoms with E-state index < -0.39 is 5.97 Å². The second-order valence-corrected chi connectivity index (χ2v) is 2.38. The van der Waals surface area contributed by atoms with Gasteiger partial charge in [0.25, 0.3) is 0 Å². The lowest BCUT2D eigenvalue weighted by Gasteiger charge is -2.18. The van der Waals surface area contributed by atoms with Gasteiger partial charge in [-0.1, -0.05) is 13.8 Å². The predicted octanol–water partition coefficient (Wildman–Crippen LogP) is 1.10. The van der Waals surface area contributed by atoms with Gasteiger partial charge in [0.05, 0.1) is 5.92 Å². The molecule has 1 atom stereocenters. The van der Waals surface area contributed by atoms with Gasteiger partial charge in [-0.25, -0.2) is 0 Å². The van der Waals surface area contributed by atoms with Crippen LogP contribution in [0.3, 0.4) is 0 Å². The van der Waals surface area contributed by atoms with Gasteiger partial charge >= 0.3 is 5.97 Å². The third-order valence-electron chi connectivity index (χ3n) is 1.65. The van der Waals surface area contributed by atoms with Crippen molar-refractivity contribution in [3.63, 3.8) is 0 Å². The molecule has 66 valence electrons. The monoisotopic (exact) mass is 159 g/mol. The average Bonchev–Trinajstić information content (AvgIpc) is 2.10. The van der Waals surface area contributed by atoms with Crippen LogP contribution in [0.4, 0.5) is 0 Å². The molecule has 0 aromatic rings. The summed E-state index contributed by atoms with van der Waals surface area (Å²) in [6.45, 7) is 5.62.